The average molecular weight is 307 g/mol. The molecule has 1 atom stereocenters. The van der Waals surface area contributed by atoms with E-state index in [1.165, 1.54) is 0 Å². The molecule has 1 amide bonds. The van der Waals surface area contributed by atoms with Gasteiger partial charge in [-0.3, -0.25) is 4.79 Å². The number of hydrogen-bond acceptors (Lipinski definition) is 3. The van der Waals surface area contributed by atoms with Gasteiger partial charge in [-0.1, -0.05) is 11.6 Å². The van der Waals surface area contributed by atoms with E-state index in [1.54, 1.807) is 0 Å². The first-order valence-electron chi connectivity index (χ1n) is 5.60. The van der Waals surface area contributed by atoms with Crippen LogP contribution in [0.1, 0.15) is 12.8 Å². The van der Waals surface area contributed by atoms with Gasteiger partial charge in [-0.15, -0.1) is 0 Å². The van der Waals surface area contributed by atoms with Crippen LogP contribution >= 0.6 is 11.6 Å². The summed E-state index contributed by atoms with van der Waals surface area (Å²) < 4.78 is 38.8. The van der Waals surface area contributed by atoms with Gasteiger partial charge in [0.2, 0.25) is 15.9 Å². The fourth-order valence-corrected chi connectivity index (χ4v) is 4.02. The van der Waals surface area contributed by atoms with E-state index >= 15 is 0 Å². The molecule has 1 saturated heterocycles. The van der Waals surface area contributed by atoms with Gasteiger partial charge in [-0.05, 0) is 31.0 Å². The number of nitrogens with two attached hydrogens (primary N) is 1. The third kappa shape index (κ3) is 2.58. The van der Waals surface area contributed by atoms with Gasteiger partial charge in [0.25, 0.3) is 0 Å². The highest BCUT2D eigenvalue weighted by atomic mass is 35.5. The van der Waals surface area contributed by atoms with Crippen LogP contribution in [0, 0.1) is 5.82 Å². The van der Waals surface area contributed by atoms with Crippen LogP contribution in [0.5, 0.6) is 0 Å². The zero-order valence-corrected chi connectivity index (χ0v) is 11.4. The number of benzene rings is 1. The maximum atomic E-state index is 13.1. The van der Waals surface area contributed by atoms with Crippen LogP contribution < -0.4 is 5.73 Å². The van der Waals surface area contributed by atoms with Crippen molar-refractivity contribution in [2.24, 2.45) is 5.73 Å². The molecule has 1 aliphatic rings. The predicted molar refractivity (Wildman–Crippen MR) is 67.5 cm³/mol. The zero-order valence-electron chi connectivity index (χ0n) is 9.84. The van der Waals surface area contributed by atoms with Crippen LogP contribution in [0.25, 0.3) is 0 Å². The molecule has 5 nitrogen and oxygen atoms in total. The number of amides is 1. The molecule has 1 aromatic carbocycles. The van der Waals surface area contributed by atoms with Crippen LogP contribution in [-0.4, -0.2) is 31.2 Å². The molecular formula is C11H12ClFN2O3S. The molecule has 0 aliphatic carbocycles. The molecule has 1 heterocycles. The van der Waals surface area contributed by atoms with Crippen molar-refractivity contribution < 1.29 is 17.6 Å². The molecule has 2 rings (SSSR count). The second-order valence-electron chi connectivity index (χ2n) is 4.25. The summed E-state index contributed by atoms with van der Waals surface area (Å²) in [5.74, 6) is -1.39. The lowest BCUT2D eigenvalue weighted by molar-refractivity contribution is -0.121. The van der Waals surface area contributed by atoms with Crippen LogP contribution in [0.3, 0.4) is 0 Å². The Balaban J connectivity index is 2.42. The van der Waals surface area contributed by atoms with E-state index in [0.717, 1.165) is 22.5 Å². The summed E-state index contributed by atoms with van der Waals surface area (Å²) >= 11 is 5.58. The Hall–Kier alpha value is -1.18. The van der Waals surface area contributed by atoms with Gasteiger partial charge in [0.1, 0.15) is 11.9 Å². The highest BCUT2D eigenvalue weighted by molar-refractivity contribution is 7.89. The van der Waals surface area contributed by atoms with Gasteiger partial charge >= 0.3 is 0 Å². The number of nitrogens with zero attached hydrogens (tertiary/aromatic N) is 1. The van der Waals surface area contributed by atoms with Crippen molar-refractivity contribution in [1.29, 1.82) is 0 Å². The van der Waals surface area contributed by atoms with Crippen molar-refractivity contribution >= 4 is 27.5 Å². The lowest BCUT2D eigenvalue weighted by Gasteiger charge is -2.21. The number of rotatable bonds is 3. The van der Waals surface area contributed by atoms with Crippen molar-refractivity contribution in [2.75, 3.05) is 6.54 Å². The van der Waals surface area contributed by atoms with Crippen molar-refractivity contribution in [2.45, 2.75) is 23.8 Å². The molecule has 2 N–H and O–H groups in total. The average Bonchev–Trinajstić information content (AvgIpc) is 2.82. The van der Waals surface area contributed by atoms with E-state index < -0.39 is 27.8 Å². The smallest absolute Gasteiger partial charge is 0.243 e. The first-order valence-corrected chi connectivity index (χ1v) is 7.42. The summed E-state index contributed by atoms with van der Waals surface area (Å²) in [4.78, 5) is 11.1. The van der Waals surface area contributed by atoms with Gasteiger partial charge in [-0.25, -0.2) is 12.8 Å². The standard InChI is InChI=1S/C11H12ClFN2O3S/c12-8-6-7(3-4-9(8)13)19(17,18)15-5-1-2-10(15)11(14)16/h3-4,6,10H,1-2,5H2,(H2,14,16). The highest BCUT2D eigenvalue weighted by Crippen LogP contribution is 2.28. The summed E-state index contributed by atoms with van der Waals surface area (Å²) in [7, 11) is -3.89. The van der Waals surface area contributed by atoms with Crippen LogP contribution in [0.4, 0.5) is 4.39 Å². The quantitative estimate of drug-likeness (QED) is 0.908. The Morgan fingerprint density at radius 2 is 2.16 bits per heavy atom. The van der Waals surface area contributed by atoms with Gasteiger partial charge in [0.05, 0.1) is 9.92 Å². The molecule has 0 bridgehead atoms. The van der Waals surface area contributed by atoms with E-state index in [-0.39, 0.29) is 16.5 Å². The Bertz CT molecular complexity index is 620. The predicted octanol–water partition coefficient (Wildman–Crippen LogP) is 1.12. The lowest BCUT2D eigenvalue weighted by Crippen LogP contribution is -2.43. The number of sulfonamides is 1. The van der Waals surface area contributed by atoms with Crippen molar-refractivity contribution in [3.05, 3.63) is 29.0 Å². The maximum absolute atomic E-state index is 13.1. The normalized spacial score (nSPS) is 20.6. The molecule has 0 spiro atoms. The Morgan fingerprint density at radius 3 is 2.74 bits per heavy atom. The largest absolute Gasteiger partial charge is 0.368 e. The van der Waals surface area contributed by atoms with Gasteiger partial charge in [-0.2, -0.15) is 4.31 Å². The summed E-state index contributed by atoms with van der Waals surface area (Å²) in [5.41, 5.74) is 5.19. The first kappa shape index (κ1) is 14.2. The highest BCUT2D eigenvalue weighted by Gasteiger charge is 2.38. The minimum Gasteiger partial charge on any atom is -0.368 e. The fourth-order valence-electron chi connectivity index (χ4n) is 2.08. The second-order valence-corrected chi connectivity index (χ2v) is 6.55. The zero-order chi connectivity index (χ0) is 14.2. The van der Waals surface area contributed by atoms with E-state index in [1.807, 2.05) is 0 Å². The van der Waals surface area contributed by atoms with Gasteiger partial charge in [0, 0.05) is 6.54 Å². The minimum atomic E-state index is -3.89. The van der Waals surface area contributed by atoms with Gasteiger partial charge < -0.3 is 5.73 Å². The molecular weight excluding hydrogens is 295 g/mol. The Labute approximate surface area is 115 Å². The van der Waals surface area contributed by atoms with Crippen molar-refractivity contribution in [1.82, 2.24) is 4.31 Å². The molecule has 1 aliphatic heterocycles. The SMILES string of the molecule is NC(=O)C1CCCN1S(=O)(=O)c1ccc(F)c(Cl)c1. The third-order valence-corrected chi connectivity index (χ3v) is 5.22. The van der Waals surface area contributed by atoms with Crippen LogP contribution in [-0.2, 0) is 14.8 Å². The lowest BCUT2D eigenvalue weighted by atomic mass is 10.2. The summed E-state index contributed by atoms with van der Waals surface area (Å²) in [5, 5.41) is -0.282. The minimum absolute atomic E-state index is 0.146. The molecule has 8 heteroatoms. The number of hydrogen-bond donors (Lipinski definition) is 1. The number of halogens is 2. The molecule has 104 valence electrons. The molecule has 0 aromatic heterocycles. The second kappa shape index (κ2) is 5.07. The Kier molecular flexibility index (Phi) is 3.80. The van der Waals surface area contributed by atoms with E-state index in [2.05, 4.69) is 0 Å². The maximum Gasteiger partial charge on any atom is 0.243 e. The van der Waals surface area contributed by atoms with E-state index in [4.69, 9.17) is 17.3 Å². The number of carbonyl (C=O) groups is 1. The van der Waals surface area contributed by atoms with Crippen LogP contribution in [0.15, 0.2) is 23.1 Å². The third-order valence-electron chi connectivity index (χ3n) is 3.03. The topological polar surface area (TPSA) is 80.5 Å². The summed E-state index contributed by atoms with van der Waals surface area (Å²) in [6.07, 6.45) is 0.950. The van der Waals surface area contributed by atoms with Crippen molar-refractivity contribution in [3.8, 4) is 0 Å². The van der Waals surface area contributed by atoms with E-state index in [0.29, 0.717) is 12.8 Å². The monoisotopic (exact) mass is 306 g/mol. The molecule has 1 unspecified atom stereocenters. The van der Waals surface area contributed by atoms with E-state index in [9.17, 15) is 17.6 Å². The molecule has 0 radical (unpaired) electrons. The van der Waals surface area contributed by atoms with Gasteiger partial charge in [0.15, 0.2) is 0 Å². The Morgan fingerprint density at radius 1 is 1.47 bits per heavy atom. The summed E-state index contributed by atoms with van der Waals surface area (Å²) in [6.45, 7) is 0.213. The fraction of sp³-hybridized carbons (Fsp3) is 0.364. The van der Waals surface area contributed by atoms with Crippen molar-refractivity contribution in [3.63, 3.8) is 0 Å². The van der Waals surface area contributed by atoms with Crippen LogP contribution in [0.2, 0.25) is 5.02 Å². The first-order chi connectivity index (χ1) is 8.84. The number of carbonyl (C=O) groups excluding carboxylic acids is 1. The summed E-state index contributed by atoms with van der Waals surface area (Å²) in [6, 6.07) is 2.27. The number of primary amides is 1. The molecule has 0 saturated carbocycles. The molecule has 1 aromatic rings. The molecule has 1 fully saturated rings. The molecule has 19 heavy (non-hydrogen) atoms.